The summed E-state index contributed by atoms with van der Waals surface area (Å²) < 4.78 is 16.7. The van der Waals surface area contributed by atoms with Gasteiger partial charge in [-0.15, -0.1) is 0 Å². The van der Waals surface area contributed by atoms with Gasteiger partial charge in [-0.3, -0.25) is 14.4 Å². The number of allylic oxidation sites excluding steroid dienone is 22. The summed E-state index contributed by atoms with van der Waals surface area (Å²) in [4.78, 5) is 37.9. The summed E-state index contributed by atoms with van der Waals surface area (Å²) in [6.07, 6.45) is 67.2. The first kappa shape index (κ1) is 56.5. The summed E-state index contributed by atoms with van der Waals surface area (Å²) >= 11 is 0. The van der Waals surface area contributed by atoms with E-state index in [0.717, 1.165) is 135 Å². The zero-order chi connectivity index (χ0) is 44.4. The van der Waals surface area contributed by atoms with Crippen LogP contribution >= 0.6 is 0 Å². The molecule has 0 fully saturated rings. The number of hydrogen-bond donors (Lipinski definition) is 0. The van der Waals surface area contributed by atoms with Gasteiger partial charge in [0.15, 0.2) is 6.10 Å². The Balaban J connectivity index is 4.58. The van der Waals surface area contributed by atoms with Gasteiger partial charge in [-0.1, -0.05) is 187 Å². The summed E-state index contributed by atoms with van der Waals surface area (Å²) in [7, 11) is 0. The maximum Gasteiger partial charge on any atom is 0.306 e. The minimum Gasteiger partial charge on any atom is -0.462 e. The van der Waals surface area contributed by atoms with E-state index in [9.17, 15) is 14.4 Å². The highest BCUT2D eigenvalue weighted by Gasteiger charge is 2.19. The molecule has 0 bridgehead atoms. The van der Waals surface area contributed by atoms with Gasteiger partial charge in [-0.25, -0.2) is 0 Å². The quantitative estimate of drug-likeness (QED) is 0.0201. The molecule has 61 heavy (non-hydrogen) atoms. The summed E-state index contributed by atoms with van der Waals surface area (Å²) in [5.41, 5.74) is 0. The van der Waals surface area contributed by atoms with Gasteiger partial charge in [-0.05, 0) is 103 Å². The van der Waals surface area contributed by atoms with Crippen molar-refractivity contribution in [2.24, 2.45) is 0 Å². The third-order valence-electron chi connectivity index (χ3n) is 9.26. The van der Waals surface area contributed by atoms with Gasteiger partial charge in [0.1, 0.15) is 13.2 Å². The SMILES string of the molecule is CC\C=C/C=C\C=C/C=C\C=C/CCCCCC(=O)OCC(COC(=O)CCCCCC/C=C\C/C=C\C/C=C\CC)OC(=O)CCCCCC/C=C\C/C=C\C/C=C\CC. The summed E-state index contributed by atoms with van der Waals surface area (Å²) in [6.45, 7) is 6.16. The Hall–Kier alpha value is -4.45. The van der Waals surface area contributed by atoms with E-state index in [2.05, 4.69) is 106 Å². The molecule has 340 valence electrons. The molecule has 0 radical (unpaired) electrons. The van der Waals surface area contributed by atoms with Crippen LogP contribution in [0.1, 0.15) is 175 Å². The molecule has 0 aliphatic heterocycles. The molecule has 0 spiro atoms. The van der Waals surface area contributed by atoms with Crippen LogP contribution in [0, 0.1) is 0 Å². The van der Waals surface area contributed by atoms with Crippen LogP contribution in [0.5, 0.6) is 0 Å². The van der Waals surface area contributed by atoms with E-state index in [-0.39, 0.29) is 37.5 Å². The van der Waals surface area contributed by atoms with Crippen molar-refractivity contribution in [3.05, 3.63) is 134 Å². The van der Waals surface area contributed by atoms with E-state index in [1.54, 1.807) is 0 Å². The second kappa shape index (κ2) is 48.2. The molecular formula is C55H84O6. The minimum absolute atomic E-state index is 0.119. The normalized spacial score (nSPS) is 13.3. The van der Waals surface area contributed by atoms with Gasteiger partial charge in [0.05, 0.1) is 0 Å². The van der Waals surface area contributed by atoms with Crippen molar-refractivity contribution >= 4 is 17.9 Å². The Kier molecular flexibility index (Phi) is 44.7. The summed E-state index contributed by atoms with van der Waals surface area (Å²) in [5.74, 6) is -1.02. The highest BCUT2D eigenvalue weighted by molar-refractivity contribution is 5.71. The molecule has 0 aliphatic rings. The third kappa shape index (κ3) is 46.5. The molecule has 0 aromatic carbocycles. The molecule has 6 nitrogen and oxygen atoms in total. The van der Waals surface area contributed by atoms with Crippen LogP contribution in [0.4, 0.5) is 0 Å². The van der Waals surface area contributed by atoms with Gasteiger partial charge in [0, 0.05) is 19.3 Å². The average Bonchev–Trinajstić information content (AvgIpc) is 3.26. The van der Waals surface area contributed by atoms with E-state index in [1.165, 1.54) is 0 Å². The van der Waals surface area contributed by atoms with Gasteiger partial charge in [0.25, 0.3) is 0 Å². The molecule has 0 rings (SSSR count). The predicted molar refractivity (Wildman–Crippen MR) is 260 cm³/mol. The second-order valence-electron chi connectivity index (χ2n) is 15.0. The zero-order valence-corrected chi connectivity index (χ0v) is 38.6. The summed E-state index contributed by atoms with van der Waals surface area (Å²) in [5, 5.41) is 0. The lowest BCUT2D eigenvalue weighted by molar-refractivity contribution is -0.167. The van der Waals surface area contributed by atoms with Gasteiger partial charge >= 0.3 is 17.9 Å². The molecule has 0 aromatic rings. The van der Waals surface area contributed by atoms with Crippen LogP contribution in [0.25, 0.3) is 0 Å². The summed E-state index contributed by atoms with van der Waals surface area (Å²) in [6, 6.07) is 0. The molecule has 1 unspecified atom stereocenters. The van der Waals surface area contributed by atoms with Crippen LogP contribution in [-0.4, -0.2) is 37.2 Å². The number of unbranched alkanes of at least 4 members (excludes halogenated alkanes) is 11. The molecule has 6 heteroatoms. The largest absolute Gasteiger partial charge is 0.462 e. The second-order valence-corrected chi connectivity index (χ2v) is 15.0. The van der Waals surface area contributed by atoms with Crippen molar-refractivity contribution in [2.45, 2.75) is 181 Å². The topological polar surface area (TPSA) is 78.9 Å². The van der Waals surface area contributed by atoms with Crippen LogP contribution in [0.2, 0.25) is 0 Å². The zero-order valence-electron chi connectivity index (χ0n) is 38.6. The average molecular weight is 841 g/mol. The van der Waals surface area contributed by atoms with Crippen molar-refractivity contribution in [3.8, 4) is 0 Å². The fourth-order valence-corrected chi connectivity index (χ4v) is 5.78. The lowest BCUT2D eigenvalue weighted by atomic mass is 10.1. The predicted octanol–water partition coefficient (Wildman–Crippen LogP) is 15.5. The Labute approximate surface area is 373 Å². The van der Waals surface area contributed by atoms with Crippen molar-refractivity contribution in [2.75, 3.05) is 13.2 Å². The van der Waals surface area contributed by atoms with Crippen molar-refractivity contribution < 1.29 is 28.6 Å². The van der Waals surface area contributed by atoms with Gasteiger partial charge in [0.2, 0.25) is 0 Å². The van der Waals surface area contributed by atoms with Crippen molar-refractivity contribution in [3.63, 3.8) is 0 Å². The van der Waals surface area contributed by atoms with Crippen LogP contribution in [0.3, 0.4) is 0 Å². The first-order valence-electron chi connectivity index (χ1n) is 23.8. The highest BCUT2D eigenvalue weighted by atomic mass is 16.6. The van der Waals surface area contributed by atoms with E-state index in [1.807, 2.05) is 48.6 Å². The number of hydrogen-bond acceptors (Lipinski definition) is 6. The molecule has 0 amide bonds. The van der Waals surface area contributed by atoms with E-state index < -0.39 is 6.10 Å². The molecule has 0 saturated heterocycles. The fraction of sp³-hybridized carbons (Fsp3) is 0.545. The monoisotopic (exact) mass is 841 g/mol. The highest BCUT2D eigenvalue weighted by Crippen LogP contribution is 2.11. The van der Waals surface area contributed by atoms with Crippen LogP contribution in [-0.2, 0) is 28.6 Å². The number of esters is 3. The maximum absolute atomic E-state index is 12.8. The molecule has 0 saturated carbocycles. The molecule has 0 heterocycles. The number of ether oxygens (including phenoxy) is 3. The Morgan fingerprint density at radius 1 is 0.344 bits per heavy atom. The molecule has 0 aliphatic carbocycles. The van der Waals surface area contributed by atoms with Crippen molar-refractivity contribution in [1.29, 1.82) is 0 Å². The standard InChI is InChI=1S/C55H84O6/c1-4-7-10-13-16-19-22-25-28-31-33-36-39-42-45-48-54(57)60-51-52(61-55(58)49-46-43-40-37-34-30-27-24-21-18-15-12-9-6-3)50-59-53(56)47-44-41-38-35-32-29-26-23-20-17-14-11-8-5-2/h7-13,16-22,25-31,33,52H,4-6,14-15,23-24,32,34-51H2,1-3H3/b10-7-,11-8-,12-9-,16-13-,20-17-,21-18-,22-19-,28-25-,29-26-,30-27-,33-31-. The molecule has 0 aromatic heterocycles. The van der Waals surface area contributed by atoms with E-state index in [4.69, 9.17) is 14.2 Å². The van der Waals surface area contributed by atoms with Crippen molar-refractivity contribution in [1.82, 2.24) is 0 Å². The van der Waals surface area contributed by atoms with Crippen LogP contribution in [0.15, 0.2) is 134 Å². The Morgan fingerprint density at radius 2 is 0.672 bits per heavy atom. The fourth-order valence-electron chi connectivity index (χ4n) is 5.78. The lowest BCUT2D eigenvalue weighted by Crippen LogP contribution is -2.30. The number of carbonyl (C=O) groups is 3. The smallest absolute Gasteiger partial charge is 0.306 e. The first-order chi connectivity index (χ1) is 30.0. The number of carbonyl (C=O) groups excluding carboxylic acids is 3. The third-order valence-corrected chi connectivity index (χ3v) is 9.26. The van der Waals surface area contributed by atoms with E-state index >= 15 is 0 Å². The Bertz CT molecular complexity index is 1380. The molecule has 1 atom stereocenters. The Morgan fingerprint density at radius 3 is 1.11 bits per heavy atom. The number of rotatable bonds is 40. The minimum atomic E-state index is -0.821. The van der Waals surface area contributed by atoms with Crippen LogP contribution < -0.4 is 0 Å². The van der Waals surface area contributed by atoms with Gasteiger partial charge < -0.3 is 14.2 Å². The first-order valence-corrected chi connectivity index (χ1v) is 23.8. The molecular weight excluding hydrogens is 757 g/mol. The maximum atomic E-state index is 12.8. The lowest BCUT2D eigenvalue weighted by Gasteiger charge is -2.18. The molecule has 0 N–H and O–H groups in total. The van der Waals surface area contributed by atoms with Gasteiger partial charge in [-0.2, -0.15) is 0 Å². The van der Waals surface area contributed by atoms with E-state index in [0.29, 0.717) is 12.8 Å².